The lowest BCUT2D eigenvalue weighted by Gasteiger charge is -2.33. The highest BCUT2D eigenvalue weighted by atomic mass is 32.1. The minimum absolute atomic E-state index is 0.0267. The fourth-order valence-electron chi connectivity index (χ4n) is 3.16. The summed E-state index contributed by atoms with van der Waals surface area (Å²) in [6, 6.07) is 2.38. The van der Waals surface area contributed by atoms with Gasteiger partial charge in [0.25, 0.3) is 0 Å². The second kappa shape index (κ2) is 6.24. The van der Waals surface area contributed by atoms with E-state index in [0.29, 0.717) is 0 Å². The Balaban J connectivity index is 1.62. The molecule has 110 valence electrons. The minimum atomic E-state index is -0.0267. The predicted molar refractivity (Wildman–Crippen MR) is 82.0 cm³/mol. The maximum Gasteiger partial charge on any atom is 0.237 e. The Morgan fingerprint density at radius 3 is 3.10 bits per heavy atom. The van der Waals surface area contributed by atoms with Gasteiger partial charge in [0.15, 0.2) is 0 Å². The third-order valence-electron chi connectivity index (χ3n) is 4.45. The number of hydrogen-bond donors (Lipinski definition) is 2. The molecule has 1 aromatic rings. The molecule has 0 bridgehead atoms. The van der Waals surface area contributed by atoms with Crippen molar-refractivity contribution >= 4 is 17.2 Å². The van der Waals surface area contributed by atoms with E-state index in [-0.39, 0.29) is 18.0 Å². The van der Waals surface area contributed by atoms with Crippen molar-refractivity contribution in [3.8, 4) is 0 Å². The lowest BCUT2D eigenvalue weighted by Crippen LogP contribution is -2.53. The van der Waals surface area contributed by atoms with E-state index in [1.165, 1.54) is 23.3 Å². The van der Waals surface area contributed by atoms with Gasteiger partial charge in [0, 0.05) is 31.1 Å². The molecule has 1 aromatic heterocycles. The number of carbonyl (C=O) groups excluding carboxylic acids is 1. The molecule has 1 aliphatic carbocycles. The van der Waals surface area contributed by atoms with E-state index in [1.54, 1.807) is 0 Å². The van der Waals surface area contributed by atoms with Crippen LogP contribution in [0.3, 0.4) is 0 Å². The van der Waals surface area contributed by atoms with Crippen molar-refractivity contribution in [2.45, 2.75) is 38.3 Å². The maximum absolute atomic E-state index is 12.5. The highest BCUT2D eigenvalue weighted by Gasteiger charge is 2.27. The number of nitrogens with zero attached hydrogens (tertiary/aromatic N) is 1. The van der Waals surface area contributed by atoms with Gasteiger partial charge in [0.1, 0.15) is 0 Å². The number of piperazine rings is 1. The van der Waals surface area contributed by atoms with Gasteiger partial charge in [-0.15, -0.1) is 11.3 Å². The van der Waals surface area contributed by atoms with E-state index in [4.69, 9.17) is 0 Å². The highest BCUT2D eigenvalue weighted by Crippen LogP contribution is 2.33. The van der Waals surface area contributed by atoms with Crippen LogP contribution in [0.15, 0.2) is 11.4 Å². The lowest BCUT2D eigenvalue weighted by molar-refractivity contribution is -0.127. The molecule has 2 aliphatic rings. The molecule has 0 saturated carbocycles. The van der Waals surface area contributed by atoms with Crippen LogP contribution in [0.2, 0.25) is 0 Å². The van der Waals surface area contributed by atoms with Crippen LogP contribution >= 0.6 is 11.3 Å². The van der Waals surface area contributed by atoms with Gasteiger partial charge in [-0.2, -0.15) is 0 Å². The van der Waals surface area contributed by atoms with Crippen molar-refractivity contribution in [3.05, 3.63) is 21.9 Å². The number of rotatable bonds is 3. The van der Waals surface area contributed by atoms with Crippen molar-refractivity contribution in [2.75, 3.05) is 26.2 Å². The monoisotopic (exact) mass is 293 g/mol. The zero-order valence-corrected chi connectivity index (χ0v) is 12.8. The van der Waals surface area contributed by atoms with Gasteiger partial charge < -0.3 is 10.6 Å². The molecule has 5 heteroatoms. The first-order chi connectivity index (χ1) is 9.75. The number of thiophene rings is 1. The SMILES string of the molecule is CC(C(=O)NC1CCCc2sccc21)N1CCNCC1. The Kier molecular flexibility index (Phi) is 4.38. The van der Waals surface area contributed by atoms with Gasteiger partial charge in [-0.05, 0) is 43.2 Å². The molecule has 20 heavy (non-hydrogen) atoms. The summed E-state index contributed by atoms with van der Waals surface area (Å²) in [5, 5.41) is 8.74. The van der Waals surface area contributed by atoms with Gasteiger partial charge in [-0.3, -0.25) is 9.69 Å². The third kappa shape index (κ3) is 2.90. The Morgan fingerprint density at radius 2 is 2.30 bits per heavy atom. The van der Waals surface area contributed by atoms with Crippen LogP contribution in [0.25, 0.3) is 0 Å². The third-order valence-corrected chi connectivity index (χ3v) is 5.44. The number of fused-ring (bicyclic) bond motifs is 1. The number of hydrogen-bond acceptors (Lipinski definition) is 4. The largest absolute Gasteiger partial charge is 0.348 e. The van der Waals surface area contributed by atoms with Gasteiger partial charge in [-0.25, -0.2) is 0 Å². The molecule has 3 rings (SSSR count). The fourth-order valence-corrected chi connectivity index (χ4v) is 4.15. The Morgan fingerprint density at radius 1 is 1.50 bits per heavy atom. The Hall–Kier alpha value is -0.910. The summed E-state index contributed by atoms with van der Waals surface area (Å²) in [6.45, 7) is 5.91. The average Bonchev–Trinajstić information content (AvgIpc) is 2.97. The molecule has 4 nitrogen and oxygen atoms in total. The molecule has 2 heterocycles. The number of nitrogens with one attached hydrogen (secondary N) is 2. The van der Waals surface area contributed by atoms with E-state index < -0.39 is 0 Å². The second-order valence-corrected chi connectivity index (χ2v) is 6.72. The van der Waals surface area contributed by atoms with Gasteiger partial charge in [-0.1, -0.05) is 0 Å². The van der Waals surface area contributed by atoms with E-state index in [9.17, 15) is 4.79 Å². The normalized spacial score (nSPS) is 24.9. The maximum atomic E-state index is 12.5. The first-order valence-corrected chi connectivity index (χ1v) is 8.45. The molecule has 2 atom stereocenters. The van der Waals surface area contributed by atoms with Crippen LogP contribution in [0.4, 0.5) is 0 Å². The summed E-state index contributed by atoms with van der Waals surface area (Å²) in [4.78, 5) is 16.2. The Labute approximate surface area is 124 Å². The van der Waals surface area contributed by atoms with E-state index in [0.717, 1.165) is 32.6 Å². The predicted octanol–water partition coefficient (Wildman–Crippen LogP) is 1.54. The highest BCUT2D eigenvalue weighted by molar-refractivity contribution is 7.10. The number of carbonyl (C=O) groups is 1. The van der Waals surface area contributed by atoms with Crippen LogP contribution in [0, 0.1) is 0 Å². The molecule has 1 fully saturated rings. The summed E-state index contributed by atoms with van der Waals surface area (Å²) >= 11 is 1.82. The van der Waals surface area contributed by atoms with Gasteiger partial charge >= 0.3 is 0 Å². The summed E-state index contributed by atoms with van der Waals surface area (Å²) in [7, 11) is 0. The van der Waals surface area contributed by atoms with Crippen molar-refractivity contribution in [1.29, 1.82) is 0 Å². The smallest absolute Gasteiger partial charge is 0.237 e. The lowest BCUT2D eigenvalue weighted by atomic mass is 9.94. The molecule has 2 N–H and O–H groups in total. The van der Waals surface area contributed by atoms with E-state index >= 15 is 0 Å². The number of aryl methyl sites for hydroxylation is 1. The van der Waals surface area contributed by atoms with Crippen molar-refractivity contribution in [1.82, 2.24) is 15.5 Å². The summed E-state index contributed by atoms with van der Waals surface area (Å²) in [6.07, 6.45) is 3.43. The second-order valence-electron chi connectivity index (χ2n) is 5.71. The number of amides is 1. The first kappa shape index (κ1) is 14.0. The Bertz CT molecular complexity index is 467. The van der Waals surface area contributed by atoms with Crippen LogP contribution in [0.1, 0.15) is 36.2 Å². The molecule has 0 radical (unpaired) electrons. The summed E-state index contributed by atoms with van der Waals surface area (Å²) in [5.41, 5.74) is 1.35. The zero-order chi connectivity index (χ0) is 13.9. The average molecular weight is 293 g/mol. The summed E-state index contributed by atoms with van der Waals surface area (Å²) < 4.78 is 0. The molecular weight excluding hydrogens is 270 g/mol. The molecule has 1 amide bonds. The van der Waals surface area contributed by atoms with Crippen molar-refractivity contribution in [3.63, 3.8) is 0 Å². The molecule has 0 spiro atoms. The molecule has 1 aliphatic heterocycles. The van der Waals surface area contributed by atoms with E-state index in [2.05, 4.69) is 27.0 Å². The molecular formula is C15H23N3OS. The molecule has 2 unspecified atom stereocenters. The quantitative estimate of drug-likeness (QED) is 0.888. The zero-order valence-electron chi connectivity index (χ0n) is 12.0. The van der Waals surface area contributed by atoms with Crippen LogP contribution in [-0.4, -0.2) is 43.0 Å². The van der Waals surface area contributed by atoms with Crippen molar-refractivity contribution in [2.24, 2.45) is 0 Å². The fraction of sp³-hybridized carbons (Fsp3) is 0.667. The standard InChI is InChI=1S/C15H23N3OS/c1-11(18-8-6-16-7-9-18)15(19)17-13-3-2-4-14-12(13)5-10-20-14/h5,10-11,13,16H,2-4,6-9H2,1H3,(H,17,19). The van der Waals surface area contributed by atoms with Crippen LogP contribution < -0.4 is 10.6 Å². The minimum Gasteiger partial charge on any atom is -0.348 e. The first-order valence-electron chi connectivity index (χ1n) is 7.57. The van der Waals surface area contributed by atoms with Crippen LogP contribution in [-0.2, 0) is 11.2 Å². The van der Waals surface area contributed by atoms with Gasteiger partial charge in [0.05, 0.1) is 12.1 Å². The van der Waals surface area contributed by atoms with E-state index in [1.807, 2.05) is 18.3 Å². The summed E-state index contributed by atoms with van der Waals surface area (Å²) in [5.74, 6) is 0.177. The van der Waals surface area contributed by atoms with Crippen LogP contribution in [0.5, 0.6) is 0 Å². The molecule has 0 aromatic carbocycles. The van der Waals surface area contributed by atoms with Gasteiger partial charge in [0.2, 0.25) is 5.91 Å². The molecule has 1 saturated heterocycles. The topological polar surface area (TPSA) is 44.4 Å². The van der Waals surface area contributed by atoms with Crippen molar-refractivity contribution < 1.29 is 4.79 Å².